The smallest absolute Gasteiger partial charge is 0.192 e. The second-order valence-corrected chi connectivity index (χ2v) is 5.46. The summed E-state index contributed by atoms with van der Waals surface area (Å²) in [6.07, 6.45) is 10.2. The van der Waals surface area contributed by atoms with E-state index in [0.29, 0.717) is 19.0 Å². The molecule has 0 radical (unpaired) electrons. The van der Waals surface area contributed by atoms with Gasteiger partial charge >= 0.3 is 0 Å². The van der Waals surface area contributed by atoms with Gasteiger partial charge in [-0.25, -0.2) is 0 Å². The number of rotatable bonds is 6. The van der Waals surface area contributed by atoms with Crippen molar-refractivity contribution in [3.05, 3.63) is 23.8 Å². The summed E-state index contributed by atoms with van der Waals surface area (Å²) < 4.78 is 11.7. The summed E-state index contributed by atoms with van der Waals surface area (Å²) in [5, 5.41) is 6.29. The quantitative estimate of drug-likeness (QED) is 0.307. The van der Waals surface area contributed by atoms with Crippen LogP contribution in [0.15, 0.2) is 23.2 Å². The fourth-order valence-corrected chi connectivity index (χ4v) is 2.70. The Kier molecular flexibility index (Phi) is 9.38. The van der Waals surface area contributed by atoms with E-state index in [4.69, 9.17) is 15.9 Å². The summed E-state index contributed by atoms with van der Waals surface area (Å²) >= 11 is 0. The maximum Gasteiger partial charge on any atom is 0.192 e. The number of benzene rings is 1. The monoisotopic (exact) mass is 443 g/mol. The van der Waals surface area contributed by atoms with Crippen molar-refractivity contribution in [1.29, 1.82) is 0 Å². The third kappa shape index (κ3) is 5.78. The lowest BCUT2D eigenvalue weighted by Crippen LogP contribution is -2.37. The van der Waals surface area contributed by atoms with Gasteiger partial charge in [-0.05, 0) is 31.7 Å². The highest BCUT2D eigenvalue weighted by molar-refractivity contribution is 14.0. The first-order valence-corrected chi connectivity index (χ1v) is 7.99. The fourth-order valence-electron chi connectivity index (χ4n) is 2.70. The summed E-state index contributed by atoms with van der Waals surface area (Å²) in [5.74, 6) is 4.78. The SMILES string of the molecule is C#CCNC(=NC)NCc1cccc(OC)c1OC1CCCC1.I. The van der Waals surface area contributed by atoms with Crippen molar-refractivity contribution < 1.29 is 9.47 Å². The molecular formula is C18H26IN3O2. The van der Waals surface area contributed by atoms with Gasteiger partial charge in [-0.2, -0.15) is 0 Å². The predicted octanol–water partition coefficient (Wildman–Crippen LogP) is 2.93. The van der Waals surface area contributed by atoms with Crippen LogP contribution in [0.25, 0.3) is 0 Å². The number of nitrogens with one attached hydrogen (secondary N) is 2. The van der Waals surface area contributed by atoms with Gasteiger partial charge in [-0.3, -0.25) is 4.99 Å². The molecule has 0 atom stereocenters. The van der Waals surface area contributed by atoms with Gasteiger partial charge in [-0.15, -0.1) is 30.4 Å². The fraction of sp³-hybridized carbons (Fsp3) is 0.500. The molecule has 1 aliphatic carbocycles. The Labute approximate surface area is 161 Å². The summed E-state index contributed by atoms with van der Waals surface area (Å²) in [4.78, 5) is 4.14. The average Bonchev–Trinajstić information content (AvgIpc) is 3.09. The van der Waals surface area contributed by atoms with Crippen molar-refractivity contribution >= 4 is 29.9 Å². The van der Waals surface area contributed by atoms with Crippen LogP contribution in [-0.4, -0.2) is 32.8 Å². The number of aliphatic imine (C=N–C) groups is 1. The normalized spacial score (nSPS) is 14.5. The maximum atomic E-state index is 6.22. The van der Waals surface area contributed by atoms with Gasteiger partial charge in [0.1, 0.15) is 0 Å². The summed E-state index contributed by atoms with van der Waals surface area (Å²) in [6.45, 7) is 1.02. The van der Waals surface area contributed by atoms with Crippen LogP contribution in [0, 0.1) is 12.3 Å². The Morgan fingerprint density at radius 1 is 1.33 bits per heavy atom. The zero-order valence-corrected chi connectivity index (χ0v) is 16.6. The third-order valence-electron chi connectivity index (χ3n) is 3.89. The second-order valence-electron chi connectivity index (χ2n) is 5.46. The van der Waals surface area contributed by atoms with Crippen LogP contribution in [-0.2, 0) is 6.54 Å². The molecule has 2 N–H and O–H groups in total. The van der Waals surface area contributed by atoms with Crippen LogP contribution >= 0.6 is 24.0 Å². The molecule has 132 valence electrons. The van der Waals surface area contributed by atoms with Gasteiger partial charge in [-0.1, -0.05) is 18.1 Å². The molecule has 0 bridgehead atoms. The molecule has 6 heteroatoms. The molecule has 0 spiro atoms. The zero-order chi connectivity index (χ0) is 16.5. The van der Waals surface area contributed by atoms with Crippen LogP contribution in [0.3, 0.4) is 0 Å². The summed E-state index contributed by atoms with van der Waals surface area (Å²) in [6, 6.07) is 5.93. The maximum absolute atomic E-state index is 6.22. The first-order valence-electron chi connectivity index (χ1n) is 7.99. The second kappa shape index (κ2) is 11.0. The lowest BCUT2D eigenvalue weighted by molar-refractivity contribution is 0.198. The van der Waals surface area contributed by atoms with Crippen molar-refractivity contribution in [3.8, 4) is 23.8 Å². The lowest BCUT2D eigenvalue weighted by Gasteiger charge is -2.20. The number of terminal acetylenes is 1. The van der Waals surface area contributed by atoms with E-state index in [1.807, 2.05) is 18.2 Å². The molecular weight excluding hydrogens is 417 g/mol. The molecule has 1 aliphatic rings. The average molecular weight is 443 g/mol. The molecule has 2 rings (SSSR count). The minimum absolute atomic E-state index is 0. The van der Waals surface area contributed by atoms with E-state index in [1.54, 1.807) is 14.2 Å². The molecule has 1 aromatic rings. The number of nitrogens with zero attached hydrogens (tertiary/aromatic N) is 1. The van der Waals surface area contributed by atoms with Crippen LogP contribution in [0.1, 0.15) is 31.2 Å². The first-order chi connectivity index (χ1) is 11.3. The van der Waals surface area contributed by atoms with Gasteiger partial charge in [0, 0.05) is 19.2 Å². The Morgan fingerprint density at radius 2 is 2.08 bits per heavy atom. The highest BCUT2D eigenvalue weighted by Crippen LogP contribution is 2.34. The van der Waals surface area contributed by atoms with Crippen LogP contribution in [0.5, 0.6) is 11.5 Å². The number of para-hydroxylation sites is 1. The molecule has 0 aliphatic heterocycles. The summed E-state index contributed by atoms with van der Waals surface area (Å²) in [7, 11) is 3.38. The molecule has 1 fully saturated rings. The van der Waals surface area contributed by atoms with Crippen molar-refractivity contribution in [2.24, 2.45) is 4.99 Å². The van der Waals surface area contributed by atoms with Gasteiger partial charge in [0.15, 0.2) is 17.5 Å². The molecule has 5 nitrogen and oxygen atoms in total. The number of hydrogen-bond acceptors (Lipinski definition) is 3. The molecule has 1 aromatic carbocycles. The Hall–Kier alpha value is -1.62. The van der Waals surface area contributed by atoms with Gasteiger partial charge in [0.25, 0.3) is 0 Å². The van der Waals surface area contributed by atoms with E-state index in [0.717, 1.165) is 29.9 Å². The minimum Gasteiger partial charge on any atom is -0.493 e. The van der Waals surface area contributed by atoms with Crippen molar-refractivity contribution in [2.45, 2.75) is 38.3 Å². The van der Waals surface area contributed by atoms with E-state index >= 15 is 0 Å². The first kappa shape index (κ1) is 20.4. The molecule has 0 amide bonds. The molecule has 0 aromatic heterocycles. The number of guanidine groups is 1. The largest absolute Gasteiger partial charge is 0.493 e. The van der Waals surface area contributed by atoms with Crippen LogP contribution in [0.4, 0.5) is 0 Å². The zero-order valence-electron chi connectivity index (χ0n) is 14.3. The number of ether oxygens (including phenoxy) is 2. The number of hydrogen-bond donors (Lipinski definition) is 2. The van der Waals surface area contributed by atoms with Crippen LogP contribution < -0.4 is 20.1 Å². The summed E-state index contributed by atoms with van der Waals surface area (Å²) in [5.41, 5.74) is 1.04. The highest BCUT2D eigenvalue weighted by Gasteiger charge is 2.20. The van der Waals surface area contributed by atoms with Gasteiger partial charge in [0.05, 0.1) is 19.8 Å². The van der Waals surface area contributed by atoms with Crippen molar-refractivity contribution in [3.63, 3.8) is 0 Å². The van der Waals surface area contributed by atoms with E-state index in [1.165, 1.54) is 12.8 Å². The molecule has 0 unspecified atom stereocenters. The highest BCUT2D eigenvalue weighted by atomic mass is 127. The van der Waals surface area contributed by atoms with Crippen LogP contribution in [0.2, 0.25) is 0 Å². The number of halogens is 1. The predicted molar refractivity (Wildman–Crippen MR) is 108 cm³/mol. The molecule has 0 heterocycles. The Morgan fingerprint density at radius 3 is 2.71 bits per heavy atom. The standard InChI is InChI=1S/C18H25N3O2.HI/c1-4-12-20-18(19-2)21-13-14-8-7-11-16(22-3)17(14)23-15-9-5-6-10-15;/h1,7-8,11,15H,5-6,9-10,12-13H2,2-3H3,(H2,19,20,21);1H. The molecule has 0 saturated heterocycles. The minimum atomic E-state index is 0. The number of methoxy groups -OCH3 is 1. The van der Waals surface area contributed by atoms with Crippen molar-refractivity contribution in [2.75, 3.05) is 20.7 Å². The molecule has 1 saturated carbocycles. The van der Waals surface area contributed by atoms with E-state index in [9.17, 15) is 0 Å². The van der Waals surface area contributed by atoms with Crippen molar-refractivity contribution in [1.82, 2.24) is 10.6 Å². The van der Waals surface area contributed by atoms with Gasteiger partial charge in [0.2, 0.25) is 0 Å². The lowest BCUT2D eigenvalue weighted by atomic mass is 10.1. The Bertz CT molecular complexity index is 578. The van der Waals surface area contributed by atoms with E-state index in [2.05, 4.69) is 21.5 Å². The topological polar surface area (TPSA) is 54.9 Å². The third-order valence-corrected chi connectivity index (χ3v) is 3.89. The van der Waals surface area contributed by atoms with Gasteiger partial charge < -0.3 is 20.1 Å². The molecule has 24 heavy (non-hydrogen) atoms. The van der Waals surface area contributed by atoms with E-state index in [-0.39, 0.29) is 30.1 Å². The van der Waals surface area contributed by atoms with E-state index < -0.39 is 0 Å². The Balaban J connectivity index is 0.00000288.